The van der Waals surface area contributed by atoms with Gasteiger partial charge in [-0.2, -0.15) is 0 Å². The first-order chi connectivity index (χ1) is 12.6. The molecule has 2 aromatic carbocycles. The Morgan fingerprint density at radius 1 is 1.22 bits per heavy atom. The zero-order valence-electron chi connectivity index (χ0n) is 14.3. The summed E-state index contributed by atoms with van der Waals surface area (Å²) in [5, 5.41) is 7.49. The second-order valence-corrected chi connectivity index (χ2v) is 8.97. The second kappa shape index (κ2) is 9.36. The van der Waals surface area contributed by atoms with Crippen molar-refractivity contribution < 1.29 is 22.7 Å². The van der Waals surface area contributed by atoms with Gasteiger partial charge in [-0.25, -0.2) is 13.6 Å². The van der Waals surface area contributed by atoms with Crippen LogP contribution in [-0.4, -0.2) is 32.7 Å². The van der Waals surface area contributed by atoms with E-state index in [4.69, 9.17) is 9.88 Å². The van der Waals surface area contributed by atoms with E-state index < -0.39 is 28.5 Å². The Bertz CT molecular complexity index is 964. The number of benzene rings is 2. The SMILES string of the molecule is Cc1cc(Br)ccc1SCC(=O)OCC(=O)Nc1cccc(S(N)(=O)=O)c1. The number of hydrogen-bond acceptors (Lipinski definition) is 6. The van der Waals surface area contributed by atoms with Crippen molar-refractivity contribution in [3.8, 4) is 0 Å². The van der Waals surface area contributed by atoms with Crippen LogP contribution in [0.3, 0.4) is 0 Å². The molecular formula is C17H17BrN2O5S2. The fourth-order valence-corrected chi connectivity index (χ4v) is 3.89. The topological polar surface area (TPSA) is 116 Å². The number of esters is 1. The second-order valence-electron chi connectivity index (χ2n) is 5.48. The summed E-state index contributed by atoms with van der Waals surface area (Å²) >= 11 is 4.69. The molecule has 2 aromatic rings. The number of amides is 1. The van der Waals surface area contributed by atoms with E-state index in [9.17, 15) is 18.0 Å². The maximum Gasteiger partial charge on any atom is 0.316 e. The van der Waals surface area contributed by atoms with Gasteiger partial charge in [0.05, 0.1) is 10.6 Å². The summed E-state index contributed by atoms with van der Waals surface area (Å²) in [7, 11) is -3.87. The summed E-state index contributed by atoms with van der Waals surface area (Å²) in [5.74, 6) is -1.05. The van der Waals surface area contributed by atoms with E-state index in [0.29, 0.717) is 0 Å². The molecule has 7 nitrogen and oxygen atoms in total. The van der Waals surface area contributed by atoms with Gasteiger partial charge in [-0.05, 0) is 48.9 Å². The van der Waals surface area contributed by atoms with Crippen LogP contribution in [0.4, 0.5) is 5.69 Å². The van der Waals surface area contributed by atoms with Crippen LogP contribution in [0, 0.1) is 6.92 Å². The Hall–Kier alpha value is -1.88. The molecular weight excluding hydrogens is 456 g/mol. The number of anilines is 1. The van der Waals surface area contributed by atoms with Crippen LogP contribution in [0.25, 0.3) is 0 Å². The third kappa shape index (κ3) is 6.98. The van der Waals surface area contributed by atoms with Gasteiger partial charge in [0.15, 0.2) is 6.61 Å². The molecule has 27 heavy (non-hydrogen) atoms. The van der Waals surface area contributed by atoms with Crippen LogP contribution < -0.4 is 10.5 Å². The minimum Gasteiger partial charge on any atom is -0.455 e. The van der Waals surface area contributed by atoms with Crippen molar-refractivity contribution in [3.05, 3.63) is 52.5 Å². The molecule has 0 spiro atoms. The number of hydrogen-bond donors (Lipinski definition) is 2. The molecule has 0 heterocycles. The Labute approximate surface area is 169 Å². The lowest BCUT2D eigenvalue weighted by Crippen LogP contribution is -2.22. The fourth-order valence-electron chi connectivity index (χ4n) is 2.05. The summed E-state index contributed by atoms with van der Waals surface area (Å²) in [6, 6.07) is 11.2. The first-order valence-electron chi connectivity index (χ1n) is 7.62. The molecule has 2 rings (SSSR count). The first-order valence-corrected chi connectivity index (χ1v) is 10.9. The number of sulfonamides is 1. The predicted octanol–water partition coefficient (Wildman–Crippen LogP) is 2.68. The summed E-state index contributed by atoms with van der Waals surface area (Å²) in [6.07, 6.45) is 0. The zero-order chi connectivity index (χ0) is 20.0. The number of carbonyl (C=O) groups excluding carboxylic acids is 2. The van der Waals surface area contributed by atoms with Crippen LogP contribution in [0.15, 0.2) is 56.7 Å². The number of halogens is 1. The van der Waals surface area contributed by atoms with Crippen LogP contribution in [0.5, 0.6) is 0 Å². The average Bonchev–Trinajstić information content (AvgIpc) is 2.58. The summed E-state index contributed by atoms with van der Waals surface area (Å²) < 4.78 is 28.5. The van der Waals surface area contributed by atoms with E-state index in [1.165, 1.54) is 36.0 Å². The van der Waals surface area contributed by atoms with Gasteiger partial charge in [0.1, 0.15) is 0 Å². The molecule has 0 atom stereocenters. The monoisotopic (exact) mass is 472 g/mol. The van der Waals surface area contributed by atoms with Crippen LogP contribution in [-0.2, 0) is 24.3 Å². The molecule has 0 aliphatic heterocycles. The smallest absolute Gasteiger partial charge is 0.316 e. The molecule has 0 aromatic heterocycles. The molecule has 0 bridgehead atoms. The van der Waals surface area contributed by atoms with Crippen LogP contribution >= 0.6 is 27.7 Å². The number of primary sulfonamides is 1. The molecule has 1 amide bonds. The molecule has 144 valence electrons. The van der Waals surface area contributed by atoms with Crippen molar-refractivity contribution in [2.45, 2.75) is 16.7 Å². The number of nitrogens with one attached hydrogen (secondary N) is 1. The van der Waals surface area contributed by atoms with Crippen molar-refractivity contribution in [2.75, 3.05) is 17.7 Å². The maximum atomic E-state index is 11.9. The van der Waals surface area contributed by atoms with Gasteiger partial charge in [0, 0.05) is 15.1 Å². The summed E-state index contributed by atoms with van der Waals surface area (Å²) in [6.45, 7) is 1.46. The lowest BCUT2D eigenvalue weighted by Gasteiger charge is -2.08. The summed E-state index contributed by atoms with van der Waals surface area (Å²) in [5.41, 5.74) is 1.26. The Balaban J connectivity index is 1.82. The molecule has 0 aliphatic carbocycles. The maximum absolute atomic E-state index is 11.9. The number of thioether (sulfide) groups is 1. The Kier molecular flexibility index (Phi) is 7.42. The highest BCUT2D eigenvalue weighted by Gasteiger charge is 2.12. The van der Waals surface area contributed by atoms with E-state index in [1.54, 1.807) is 0 Å². The fraction of sp³-hybridized carbons (Fsp3) is 0.176. The van der Waals surface area contributed by atoms with E-state index in [1.807, 2.05) is 25.1 Å². The zero-order valence-corrected chi connectivity index (χ0v) is 17.5. The van der Waals surface area contributed by atoms with Gasteiger partial charge in [0.25, 0.3) is 5.91 Å². The third-order valence-corrected chi connectivity index (χ3v) is 5.85. The Morgan fingerprint density at radius 3 is 2.63 bits per heavy atom. The van der Waals surface area contributed by atoms with Gasteiger partial charge in [-0.1, -0.05) is 22.0 Å². The lowest BCUT2D eigenvalue weighted by atomic mass is 10.2. The summed E-state index contributed by atoms with van der Waals surface area (Å²) in [4.78, 5) is 24.5. The third-order valence-electron chi connectivity index (χ3n) is 3.29. The van der Waals surface area contributed by atoms with Crippen molar-refractivity contribution in [2.24, 2.45) is 5.14 Å². The number of nitrogens with two attached hydrogens (primary N) is 1. The van der Waals surface area contributed by atoms with Crippen molar-refractivity contribution >= 4 is 55.3 Å². The minimum atomic E-state index is -3.87. The lowest BCUT2D eigenvalue weighted by molar-refractivity contribution is -0.144. The molecule has 0 saturated heterocycles. The highest BCUT2D eigenvalue weighted by molar-refractivity contribution is 9.10. The van der Waals surface area contributed by atoms with E-state index in [2.05, 4.69) is 21.2 Å². The highest BCUT2D eigenvalue weighted by atomic mass is 79.9. The number of carbonyl (C=O) groups is 2. The van der Waals surface area contributed by atoms with Gasteiger partial charge in [-0.3, -0.25) is 9.59 Å². The molecule has 0 fully saturated rings. The molecule has 0 saturated carbocycles. The number of rotatable bonds is 7. The molecule has 0 aliphatic rings. The van der Waals surface area contributed by atoms with Gasteiger partial charge in [0.2, 0.25) is 10.0 Å². The van der Waals surface area contributed by atoms with Gasteiger partial charge in [-0.15, -0.1) is 11.8 Å². The predicted molar refractivity (Wildman–Crippen MR) is 107 cm³/mol. The quantitative estimate of drug-likeness (QED) is 0.472. The minimum absolute atomic E-state index is 0.0661. The van der Waals surface area contributed by atoms with Crippen LogP contribution in [0.1, 0.15) is 5.56 Å². The Morgan fingerprint density at radius 2 is 1.96 bits per heavy atom. The van der Waals surface area contributed by atoms with Crippen molar-refractivity contribution in [1.82, 2.24) is 0 Å². The first kappa shape index (κ1) is 21.4. The van der Waals surface area contributed by atoms with Crippen molar-refractivity contribution in [3.63, 3.8) is 0 Å². The van der Waals surface area contributed by atoms with E-state index >= 15 is 0 Å². The normalized spacial score (nSPS) is 11.1. The van der Waals surface area contributed by atoms with Crippen molar-refractivity contribution in [1.29, 1.82) is 0 Å². The van der Waals surface area contributed by atoms with E-state index in [0.717, 1.165) is 14.9 Å². The number of aryl methyl sites for hydroxylation is 1. The highest BCUT2D eigenvalue weighted by Crippen LogP contribution is 2.25. The largest absolute Gasteiger partial charge is 0.455 e. The van der Waals surface area contributed by atoms with E-state index in [-0.39, 0.29) is 16.3 Å². The molecule has 0 unspecified atom stereocenters. The average molecular weight is 473 g/mol. The molecule has 3 N–H and O–H groups in total. The van der Waals surface area contributed by atoms with Gasteiger partial charge < -0.3 is 10.1 Å². The number of ether oxygens (including phenoxy) is 1. The molecule has 0 radical (unpaired) electrons. The standard InChI is InChI=1S/C17H17BrN2O5S2/c1-11-7-12(18)5-6-15(11)26-10-17(22)25-9-16(21)20-13-3-2-4-14(8-13)27(19,23)24/h2-8H,9-10H2,1H3,(H,20,21)(H2,19,23,24). The van der Waals surface area contributed by atoms with Gasteiger partial charge >= 0.3 is 5.97 Å². The molecule has 10 heteroatoms. The van der Waals surface area contributed by atoms with Crippen LogP contribution in [0.2, 0.25) is 0 Å².